The molecule has 1 aliphatic rings. The molecule has 1 saturated heterocycles. The van der Waals surface area contributed by atoms with E-state index < -0.39 is 273 Å². The number of fused-ring (bicyclic) bond motifs is 1. The average Bonchev–Trinajstić information content (AvgIpc) is 1.47. The van der Waals surface area contributed by atoms with Crippen molar-refractivity contribution >= 4 is 135 Å². The van der Waals surface area contributed by atoms with E-state index in [0.717, 1.165) is 33.7 Å². The molecule has 0 spiro atoms. The van der Waals surface area contributed by atoms with Crippen molar-refractivity contribution in [1.82, 2.24) is 77.3 Å². The Bertz CT molecular complexity index is 5090. The molecule has 12 atom stereocenters. The van der Waals surface area contributed by atoms with E-state index in [9.17, 15) is 78.3 Å². The minimum atomic E-state index is -1.98. The van der Waals surface area contributed by atoms with Gasteiger partial charge in [0.2, 0.25) is 88.6 Å². The maximum atomic E-state index is 15.5. The van der Waals surface area contributed by atoms with Crippen LogP contribution in [0.1, 0.15) is 113 Å². The number of aromatic amines is 1. The Kier molecular flexibility index (Phi) is 40.6. The molecule has 0 bridgehead atoms. The lowest BCUT2D eigenvalue weighted by Gasteiger charge is -2.37. The van der Waals surface area contributed by atoms with Gasteiger partial charge >= 0.3 is 23.9 Å². The number of benzene rings is 5. The molecule has 6 aromatic rings. The molecular weight excluding hydrogens is 1730 g/mol. The number of likely N-dealkylation sites (N-methyl/N-ethyl adjacent to an activating group) is 5. The van der Waals surface area contributed by atoms with Gasteiger partial charge in [-0.2, -0.15) is 0 Å². The normalized spacial score (nSPS) is 22.1. The first-order valence-electron chi connectivity index (χ1n) is 42.8. The Morgan fingerprint density at radius 2 is 0.894 bits per heavy atom. The minimum absolute atomic E-state index is 0.0174. The van der Waals surface area contributed by atoms with Gasteiger partial charge in [0.05, 0.1) is 25.3 Å². The van der Waals surface area contributed by atoms with Crippen molar-refractivity contribution in [3.63, 3.8) is 0 Å². The predicted molar refractivity (Wildman–Crippen MR) is 480 cm³/mol. The number of hydrogen-bond donors (Lipinski definition) is 16. The van der Waals surface area contributed by atoms with Gasteiger partial charge in [-0.15, -0.1) is 11.8 Å². The van der Waals surface area contributed by atoms with E-state index in [1.807, 2.05) is 6.92 Å². The number of aromatic hydroxyl groups is 1. The summed E-state index contributed by atoms with van der Waals surface area (Å²) in [5.41, 5.74) is 7.99. The zero-order valence-corrected chi connectivity index (χ0v) is 75.3. The smallest absolute Gasteiger partial charge is 0.305 e. The molecule has 0 radical (unpaired) electrons. The second-order valence-corrected chi connectivity index (χ2v) is 33.6. The topological polar surface area (TPSA) is 592 Å². The number of hydrogen-bond acceptors (Lipinski definition) is 21. The van der Waals surface area contributed by atoms with Crippen LogP contribution in [0.2, 0.25) is 0 Å². The summed E-state index contributed by atoms with van der Waals surface area (Å²) in [6.45, 7) is 3.12. The Balaban J connectivity index is 1.37. The summed E-state index contributed by atoms with van der Waals surface area (Å²) in [6.07, 6.45) is -5.27. The molecule has 40 nitrogen and oxygen atoms in total. The highest BCUT2D eigenvalue weighted by Gasteiger charge is 2.43. The Morgan fingerprint density at radius 3 is 1.46 bits per heavy atom. The number of para-hydroxylation sites is 1. The van der Waals surface area contributed by atoms with Crippen LogP contribution in [0.3, 0.4) is 0 Å². The number of nitrogens with two attached hydrogens (primary N) is 1. The molecule has 41 heteroatoms. The van der Waals surface area contributed by atoms with Crippen molar-refractivity contribution in [2.75, 3.05) is 59.8 Å². The first kappa shape index (κ1) is 105. The number of nitrogens with zero attached hydrogens (tertiary/aromatic N) is 5. The summed E-state index contributed by atoms with van der Waals surface area (Å²) in [5.74, 6) is -24.4. The summed E-state index contributed by atoms with van der Waals surface area (Å²) in [7, 11) is 6.05. The number of aromatic nitrogens is 1. The lowest BCUT2D eigenvalue weighted by Crippen LogP contribution is -2.62. The van der Waals surface area contributed by atoms with E-state index in [2.05, 4.69) is 52.8 Å². The third-order valence-corrected chi connectivity index (χ3v) is 23.3. The third kappa shape index (κ3) is 32.1. The van der Waals surface area contributed by atoms with Crippen molar-refractivity contribution in [3.05, 3.63) is 174 Å². The summed E-state index contributed by atoms with van der Waals surface area (Å²) in [4.78, 5) is 280. The monoisotopic (exact) mass is 1850 g/mol. The van der Waals surface area contributed by atoms with Gasteiger partial charge in [0.25, 0.3) is 0 Å². The van der Waals surface area contributed by atoms with Crippen molar-refractivity contribution in [2.24, 2.45) is 11.7 Å². The number of thioether (sulfide) groups is 1. The standard InChI is InChI=1S/C91H116N16O24S/c1-9-10-30-69-89(129)103(4)49-73(110)95-65(46-78(118)119)84(124)102-79(52(2)3)91(131)106(7)70(43-54-24-16-12-17-25-54)86(126)98-62(36-39-76(114)115)87(127)104(5)68(37-40-77(116)117)85(125)100-64(45-57-47-93-60-29-21-20-28-59(57)60)83(123)99-63(41-56-31-33-58(108)34-32-56)82(122)97-61(35-38-75(112)113)81(121)101-67(80(120)94-48-72(92)109)50-132-51-74(111)96-66(42-53-22-14-11-15-23-53)88(128)107(8)71(90(130)105(69)6)44-55-26-18-13-19-27-55/h11-29,31-34,47,52,61-71,79,93,108H,9-10,30,35-46,48-51H2,1-8H3,(H2,92,109)(H,94,120)(H,95,110)(H,96,111)(H,97,122)(H,98,126)(H,99,123)(H,100,125)(H,101,121)(H,102,124)(H,112,113)(H,114,115)(H,116,117)(H,118,119)/t61-,62-,63+,64-,65-,66-,67-,68-,69-,70-,71-,79-/m0/s1. The number of carboxylic acid groups (broad SMARTS) is 4. The average molecular weight is 1850 g/mol. The van der Waals surface area contributed by atoms with Gasteiger partial charge < -0.3 is 109 Å². The lowest BCUT2D eigenvalue weighted by atomic mass is 9.98. The molecule has 15 amide bonds. The van der Waals surface area contributed by atoms with E-state index in [1.54, 1.807) is 115 Å². The second kappa shape index (κ2) is 51.2. The second-order valence-electron chi connectivity index (χ2n) is 32.6. The number of carboxylic acids is 4. The van der Waals surface area contributed by atoms with Crippen molar-refractivity contribution in [2.45, 2.75) is 190 Å². The number of carbonyl (C=O) groups is 19. The quantitative estimate of drug-likeness (QED) is 0.0314. The molecule has 0 saturated carbocycles. The molecule has 2 heterocycles. The Morgan fingerprint density at radius 1 is 0.439 bits per heavy atom. The van der Waals surface area contributed by atoms with Gasteiger partial charge in [0.1, 0.15) is 78.3 Å². The fourth-order valence-electron chi connectivity index (χ4n) is 14.9. The van der Waals surface area contributed by atoms with Gasteiger partial charge in [-0.1, -0.05) is 155 Å². The van der Waals surface area contributed by atoms with Gasteiger partial charge in [0, 0.05) is 109 Å². The molecule has 5 aromatic carbocycles. The number of phenols is 1. The van der Waals surface area contributed by atoms with Crippen LogP contribution in [0.15, 0.2) is 146 Å². The number of primary amides is 1. The summed E-state index contributed by atoms with van der Waals surface area (Å²) in [6, 6.07) is 15.9. The Hall–Kier alpha value is -14.3. The zero-order valence-electron chi connectivity index (χ0n) is 74.5. The fraction of sp³-hybridized carbons (Fsp3) is 0.440. The Labute approximate surface area is 765 Å². The molecule has 132 heavy (non-hydrogen) atoms. The summed E-state index contributed by atoms with van der Waals surface area (Å²) in [5, 5.41) is 74.1. The highest BCUT2D eigenvalue weighted by atomic mass is 32.2. The van der Waals surface area contributed by atoms with Crippen molar-refractivity contribution < 1.29 is 117 Å². The van der Waals surface area contributed by atoms with Crippen LogP contribution in [0.5, 0.6) is 5.75 Å². The van der Waals surface area contributed by atoms with E-state index in [1.165, 1.54) is 65.5 Å². The predicted octanol–water partition coefficient (Wildman–Crippen LogP) is 0.295. The first-order chi connectivity index (χ1) is 62.6. The number of amides is 15. The first-order valence-corrected chi connectivity index (χ1v) is 44.0. The zero-order chi connectivity index (χ0) is 97.2. The van der Waals surface area contributed by atoms with Crippen LogP contribution >= 0.6 is 11.8 Å². The minimum Gasteiger partial charge on any atom is -0.508 e. The highest BCUT2D eigenvalue weighted by molar-refractivity contribution is 8.00. The number of rotatable bonds is 28. The largest absolute Gasteiger partial charge is 0.508 e. The SMILES string of the molecule is CCCC[C@H]1C(=O)N(C)CC(=O)N[C@@H](CC(=O)O)C(=O)N[C@@H](C(C)C)C(=O)N(C)[C@@H](Cc2ccccc2)C(=O)N[C@@H](CCC(=O)O)C(=O)N(C)[C@@H](CCC(=O)O)C(=O)N[C@@H](Cc2c[nH]c3ccccc23)C(=O)N[C@H](Cc2ccc(O)cc2)C(=O)N[C@@H](CCC(=O)O)C(=O)N[C@H](C(=O)NCC(N)=O)CSCC(=O)N[C@@H](Cc2ccccc2)C(=O)N(C)[C@@H](Cc2ccccc2)C(=O)N1C. The summed E-state index contributed by atoms with van der Waals surface area (Å²) < 4.78 is 0. The lowest BCUT2D eigenvalue weighted by molar-refractivity contribution is -0.151. The van der Waals surface area contributed by atoms with Crippen LogP contribution in [-0.2, 0) is 123 Å². The summed E-state index contributed by atoms with van der Waals surface area (Å²) >= 11 is 0.707. The number of aliphatic carboxylic acids is 4. The van der Waals surface area contributed by atoms with Gasteiger partial charge in [0.15, 0.2) is 0 Å². The van der Waals surface area contributed by atoms with Crippen LogP contribution in [0.4, 0.5) is 0 Å². The number of carbonyl (C=O) groups excluding carboxylic acids is 15. The van der Waals surface area contributed by atoms with Gasteiger partial charge in [-0.25, -0.2) is 0 Å². The fourth-order valence-corrected chi connectivity index (χ4v) is 15.7. The maximum absolute atomic E-state index is 15.5. The van der Waals surface area contributed by atoms with E-state index in [0.29, 0.717) is 62.7 Å². The van der Waals surface area contributed by atoms with E-state index in [-0.39, 0.29) is 37.0 Å². The molecule has 0 aliphatic carbocycles. The maximum Gasteiger partial charge on any atom is 0.305 e. The van der Waals surface area contributed by atoms with Crippen LogP contribution < -0.4 is 53.6 Å². The molecule has 710 valence electrons. The molecule has 17 N–H and O–H groups in total. The van der Waals surface area contributed by atoms with E-state index >= 15 is 38.4 Å². The molecule has 1 aromatic heterocycles. The van der Waals surface area contributed by atoms with Crippen LogP contribution in [-0.4, -0.2) is 300 Å². The van der Waals surface area contributed by atoms with Crippen molar-refractivity contribution in [1.29, 1.82) is 0 Å². The number of unbranched alkanes of at least 4 members (excludes halogenated alkanes) is 1. The van der Waals surface area contributed by atoms with Gasteiger partial charge in [-0.05, 0) is 77.6 Å². The van der Waals surface area contributed by atoms with Gasteiger partial charge in [-0.3, -0.25) is 91.1 Å². The van der Waals surface area contributed by atoms with Crippen LogP contribution in [0.25, 0.3) is 10.9 Å². The van der Waals surface area contributed by atoms with Crippen molar-refractivity contribution in [3.8, 4) is 5.75 Å². The molecule has 1 aliphatic heterocycles. The number of phenolic OH excluding ortho intramolecular Hbond substituents is 1. The third-order valence-electron chi connectivity index (χ3n) is 22.2. The molecule has 0 unspecified atom stereocenters. The number of H-pyrrole nitrogens is 1. The number of nitrogens with one attached hydrogen (secondary N) is 10. The molecule has 7 rings (SSSR count). The van der Waals surface area contributed by atoms with E-state index in [4.69, 9.17) is 5.73 Å². The molecule has 1 fully saturated rings. The highest BCUT2D eigenvalue weighted by Crippen LogP contribution is 2.25. The molecular formula is C91H116N16O24S. The van der Waals surface area contributed by atoms with Crippen LogP contribution in [0, 0.1) is 5.92 Å².